The number of halogens is 5. The number of rotatable bonds is 5. The summed E-state index contributed by atoms with van der Waals surface area (Å²) in [5, 5.41) is 3.21. The lowest BCUT2D eigenvalue weighted by molar-refractivity contribution is -0.182. The molecule has 144 valence electrons. The van der Waals surface area contributed by atoms with Gasteiger partial charge in [0.05, 0.1) is 4.90 Å². The van der Waals surface area contributed by atoms with Crippen LogP contribution in [0.15, 0.2) is 23.1 Å². The minimum absolute atomic E-state index is 0. The molecule has 2 N–H and O–H groups in total. The number of hydrogen-bond acceptors (Lipinski definition) is 4. The minimum atomic E-state index is -4.52. The van der Waals surface area contributed by atoms with Crippen molar-refractivity contribution in [1.82, 2.24) is 14.9 Å². The number of benzene rings is 1. The van der Waals surface area contributed by atoms with Crippen molar-refractivity contribution < 1.29 is 21.6 Å². The van der Waals surface area contributed by atoms with Gasteiger partial charge in [0.15, 0.2) is 0 Å². The van der Waals surface area contributed by atoms with E-state index in [1.54, 1.807) is 6.92 Å². The van der Waals surface area contributed by atoms with E-state index in [2.05, 4.69) is 10.0 Å². The van der Waals surface area contributed by atoms with Gasteiger partial charge < -0.3 is 5.32 Å². The summed E-state index contributed by atoms with van der Waals surface area (Å²) < 4.78 is 66.4. The molecule has 1 aliphatic heterocycles. The van der Waals surface area contributed by atoms with Gasteiger partial charge in [-0.3, -0.25) is 4.90 Å². The molecule has 0 saturated carbocycles. The summed E-state index contributed by atoms with van der Waals surface area (Å²) in [6.07, 6.45) is -4.52. The van der Waals surface area contributed by atoms with Crippen LogP contribution >= 0.6 is 24.0 Å². The van der Waals surface area contributed by atoms with E-state index in [4.69, 9.17) is 11.6 Å². The first-order chi connectivity index (χ1) is 11.1. The fraction of sp³-hybridized carbons (Fsp3) is 0.571. The topological polar surface area (TPSA) is 61.4 Å². The van der Waals surface area contributed by atoms with Crippen molar-refractivity contribution in [2.24, 2.45) is 0 Å². The van der Waals surface area contributed by atoms with Gasteiger partial charge in [0, 0.05) is 37.7 Å². The summed E-state index contributed by atoms with van der Waals surface area (Å²) in [6.45, 7) is 2.26. The van der Waals surface area contributed by atoms with E-state index in [0.717, 1.165) is 0 Å². The monoisotopic (exact) mass is 421 g/mol. The third-order valence-electron chi connectivity index (χ3n) is 3.89. The highest BCUT2D eigenvalue weighted by Crippen LogP contribution is 2.26. The lowest BCUT2D eigenvalue weighted by Crippen LogP contribution is -2.57. The van der Waals surface area contributed by atoms with Crippen molar-refractivity contribution in [3.8, 4) is 0 Å². The second-order valence-corrected chi connectivity index (χ2v) is 7.78. The number of sulfonamides is 1. The summed E-state index contributed by atoms with van der Waals surface area (Å²) in [6, 6.07) is 2.19. The van der Waals surface area contributed by atoms with Crippen molar-refractivity contribution in [1.29, 1.82) is 0 Å². The van der Waals surface area contributed by atoms with E-state index in [1.807, 2.05) is 0 Å². The Morgan fingerprint density at radius 3 is 2.44 bits per heavy atom. The van der Waals surface area contributed by atoms with Gasteiger partial charge >= 0.3 is 6.18 Å². The second-order valence-electron chi connectivity index (χ2n) is 5.61. The first kappa shape index (κ1) is 22.5. The Hall–Kier alpha value is -0.580. The summed E-state index contributed by atoms with van der Waals surface area (Å²) in [7, 11) is -4.07. The third kappa shape index (κ3) is 5.97. The molecule has 1 unspecified atom stereocenters. The molecule has 0 amide bonds. The van der Waals surface area contributed by atoms with E-state index in [9.17, 15) is 21.6 Å². The molecule has 1 atom stereocenters. The maximum atomic E-state index is 13.3. The van der Waals surface area contributed by atoms with E-state index in [0.29, 0.717) is 18.7 Å². The Kier molecular flexibility index (Phi) is 7.97. The van der Waals surface area contributed by atoms with Gasteiger partial charge in [-0.25, -0.2) is 13.1 Å². The Morgan fingerprint density at radius 1 is 1.32 bits per heavy atom. The predicted molar refractivity (Wildman–Crippen MR) is 92.9 cm³/mol. The fourth-order valence-corrected chi connectivity index (χ4v) is 3.77. The number of piperazine rings is 1. The largest absolute Gasteiger partial charge is 0.405 e. The van der Waals surface area contributed by atoms with Gasteiger partial charge in [0.1, 0.15) is 6.04 Å². The normalized spacial score (nSPS) is 17.8. The van der Waals surface area contributed by atoms with Crippen molar-refractivity contribution in [3.63, 3.8) is 0 Å². The zero-order chi connectivity index (χ0) is 18.0. The Balaban J connectivity index is 0.00000312. The van der Waals surface area contributed by atoms with Crippen LogP contribution in [0.1, 0.15) is 5.56 Å². The number of alkyl halides is 3. The highest BCUT2D eigenvalue weighted by Gasteiger charge is 2.44. The van der Waals surface area contributed by atoms with Gasteiger partial charge in [-0.1, -0.05) is 17.7 Å². The van der Waals surface area contributed by atoms with E-state index in [-0.39, 0.29) is 35.4 Å². The van der Waals surface area contributed by atoms with Crippen LogP contribution in [0.4, 0.5) is 13.2 Å². The maximum absolute atomic E-state index is 13.3. The van der Waals surface area contributed by atoms with Crippen LogP contribution in [0.25, 0.3) is 0 Å². The summed E-state index contributed by atoms with van der Waals surface area (Å²) >= 11 is 5.89. The fourth-order valence-electron chi connectivity index (χ4n) is 2.46. The molecular formula is C14H20Cl2F3N3O2S. The molecule has 0 spiro atoms. The van der Waals surface area contributed by atoms with Gasteiger partial charge in [0.2, 0.25) is 10.0 Å². The van der Waals surface area contributed by atoms with Crippen LogP contribution in [0.3, 0.4) is 0 Å². The van der Waals surface area contributed by atoms with Gasteiger partial charge in [0.25, 0.3) is 0 Å². The molecule has 1 heterocycles. The van der Waals surface area contributed by atoms with Crippen LogP contribution in [-0.4, -0.2) is 58.3 Å². The highest BCUT2D eigenvalue weighted by molar-refractivity contribution is 7.89. The second kappa shape index (κ2) is 8.88. The smallest absolute Gasteiger partial charge is 0.314 e. The van der Waals surface area contributed by atoms with Crippen LogP contribution in [0, 0.1) is 6.92 Å². The summed E-state index contributed by atoms with van der Waals surface area (Å²) in [5.41, 5.74) is 0.685. The summed E-state index contributed by atoms with van der Waals surface area (Å²) in [4.78, 5) is 1.08. The lowest BCUT2D eigenvalue weighted by Gasteiger charge is -2.35. The average Bonchev–Trinajstić information content (AvgIpc) is 2.49. The number of aryl methyl sites for hydroxylation is 1. The molecule has 0 radical (unpaired) electrons. The molecule has 11 heteroatoms. The highest BCUT2D eigenvalue weighted by atomic mass is 35.5. The van der Waals surface area contributed by atoms with Crippen molar-refractivity contribution >= 4 is 34.0 Å². The Labute approximate surface area is 156 Å². The number of hydrogen-bond donors (Lipinski definition) is 2. The number of nitrogens with zero attached hydrogens (tertiary/aromatic N) is 1. The Bertz CT molecular complexity index is 680. The zero-order valence-corrected chi connectivity index (χ0v) is 15.8. The molecule has 2 rings (SSSR count). The summed E-state index contributed by atoms with van der Waals surface area (Å²) in [5.74, 6) is 0. The van der Waals surface area contributed by atoms with Crippen LogP contribution in [-0.2, 0) is 10.0 Å². The molecule has 0 bridgehead atoms. The van der Waals surface area contributed by atoms with Gasteiger partial charge in [-0.05, 0) is 24.6 Å². The molecule has 1 fully saturated rings. The molecule has 0 aromatic heterocycles. The lowest BCUT2D eigenvalue weighted by atomic mass is 10.2. The maximum Gasteiger partial charge on any atom is 0.405 e. The molecule has 1 aliphatic rings. The molecule has 5 nitrogen and oxygen atoms in total. The number of nitrogens with one attached hydrogen (secondary N) is 2. The first-order valence-corrected chi connectivity index (χ1v) is 9.24. The van der Waals surface area contributed by atoms with Crippen molar-refractivity contribution in [2.75, 3.05) is 32.7 Å². The van der Waals surface area contributed by atoms with E-state index in [1.165, 1.54) is 23.1 Å². The molecule has 0 aliphatic carbocycles. The standard InChI is InChI=1S/C14H19ClF3N3O2S.ClH/c1-10-2-3-11(8-12(10)15)24(22,23)20-9-13(14(16,17)18)21-6-4-19-5-7-21;/h2-3,8,13,19-20H,4-7,9H2,1H3;1H. The molecule has 1 saturated heterocycles. The van der Waals surface area contributed by atoms with Crippen molar-refractivity contribution in [3.05, 3.63) is 28.8 Å². The van der Waals surface area contributed by atoms with E-state index < -0.39 is 28.8 Å². The minimum Gasteiger partial charge on any atom is -0.314 e. The Morgan fingerprint density at radius 2 is 1.92 bits per heavy atom. The zero-order valence-electron chi connectivity index (χ0n) is 13.4. The molecule has 1 aromatic rings. The van der Waals surface area contributed by atoms with Crippen LogP contribution < -0.4 is 10.0 Å². The third-order valence-corrected chi connectivity index (χ3v) is 5.72. The van der Waals surface area contributed by atoms with E-state index >= 15 is 0 Å². The molecular weight excluding hydrogens is 402 g/mol. The SMILES string of the molecule is Cc1ccc(S(=O)(=O)NCC(N2CCNCC2)C(F)(F)F)cc1Cl.Cl. The van der Waals surface area contributed by atoms with Crippen molar-refractivity contribution in [2.45, 2.75) is 24.0 Å². The first-order valence-electron chi connectivity index (χ1n) is 7.38. The van der Waals surface area contributed by atoms with Gasteiger partial charge in [-0.15, -0.1) is 12.4 Å². The van der Waals surface area contributed by atoms with Crippen LogP contribution in [0.5, 0.6) is 0 Å². The molecule has 1 aromatic carbocycles. The quantitative estimate of drug-likeness (QED) is 0.764. The van der Waals surface area contributed by atoms with Crippen LogP contribution in [0.2, 0.25) is 5.02 Å². The predicted octanol–water partition coefficient (Wildman–Crippen LogP) is 2.18. The average molecular weight is 422 g/mol. The molecule has 25 heavy (non-hydrogen) atoms. The van der Waals surface area contributed by atoms with Gasteiger partial charge in [-0.2, -0.15) is 13.2 Å².